The van der Waals surface area contributed by atoms with E-state index in [-0.39, 0.29) is 18.0 Å². The highest BCUT2D eigenvalue weighted by molar-refractivity contribution is 5.85. The van der Waals surface area contributed by atoms with Crippen molar-refractivity contribution in [3.05, 3.63) is 42.1 Å². The average molecular weight is 340 g/mol. The molecule has 1 atom stereocenters. The van der Waals surface area contributed by atoms with Crippen molar-refractivity contribution in [1.82, 2.24) is 15.1 Å². The molecule has 1 N–H and O–H groups in total. The van der Waals surface area contributed by atoms with Gasteiger partial charge >= 0.3 is 0 Å². The molecule has 3 rings (SSSR count). The minimum atomic E-state index is -0.161. The Hall–Kier alpha value is -2.63. The molecule has 0 aliphatic carbocycles. The second-order valence-electron chi connectivity index (χ2n) is 6.60. The fourth-order valence-corrected chi connectivity index (χ4v) is 2.93. The number of piperidine rings is 1. The molecule has 0 saturated carbocycles. The van der Waals surface area contributed by atoms with Crippen LogP contribution in [0.3, 0.4) is 0 Å². The summed E-state index contributed by atoms with van der Waals surface area (Å²) >= 11 is 0. The molecule has 1 saturated heterocycles. The molecule has 1 aliphatic heterocycles. The number of nitrogens with zero attached hydrogens (tertiary/aromatic N) is 3. The number of amides is 1. The van der Waals surface area contributed by atoms with E-state index in [0.29, 0.717) is 11.6 Å². The zero-order valence-corrected chi connectivity index (χ0v) is 14.9. The summed E-state index contributed by atoms with van der Waals surface area (Å²) in [7, 11) is 0. The molecule has 0 radical (unpaired) electrons. The highest BCUT2D eigenvalue weighted by atomic mass is 16.5. The van der Waals surface area contributed by atoms with Crippen LogP contribution in [-0.2, 0) is 4.79 Å². The van der Waals surface area contributed by atoms with E-state index in [1.54, 1.807) is 6.07 Å². The number of benzene rings is 1. The molecule has 1 aromatic heterocycles. The number of rotatable bonds is 5. The van der Waals surface area contributed by atoms with Gasteiger partial charge in [0.1, 0.15) is 11.8 Å². The molecule has 1 amide bonds. The second kappa shape index (κ2) is 7.51. The molecule has 0 bridgehead atoms. The number of hydrogen-bond donors (Lipinski definition) is 1. The fraction of sp³-hybridized carbons (Fsp3) is 0.421. The van der Waals surface area contributed by atoms with Crippen molar-refractivity contribution in [2.24, 2.45) is 0 Å². The topological polar surface area (TPSA) is 67.3 Å². The third-order valence-corrected chi connectivity index (χ3v) is 4.29. The van der Waals surface area contributed by atoms with Crippen LogP contribution < -0.4 is 10.1 Å². The van der Waals surface area contributed by atoms with Crippen LogP contribution in [0.4, 0.5) is 5.69 Å². The summed E-state index contributed by atoms with van der Waals surface area (Å²) in [5.41, 5.74) is 1.76. The van der Waals surface area contributed by atoms with E-state index in [2.05, 4.69) is 29.4 Å². The average Bonchev–Trinajstić information content (AvgIpc) is 2.60. The van der Waals surface area contributed by atoms with Gasteiger partial charge in [-0.05, 0) is 63.9 Å². The van der Waals surface area contributed by atoms with Crippen molar-refractivity contribution in [2.45, 2.75) is 45.7 Å². The van der Waals surface area contributed by atoms with Gasteiger partial charge in [0.2, 0.25) is 11.8 Å². The molecule has 1 unspecified atom stereocenters. The summed E-state index contributed by atoms with van der Waals surface area (Å²) in [6, 6.07) is 11.3. The largest absolute Gasteiger partial charge is 0.438 e. The Morgan fingerprint density at radius 3 is 2.56 bits per heavy atom. The molecular formula is C19H24N4O2. The van der Waals surface area contributed by atoms with Crippen LogP contribution in [0.15, 0.2) is 36.4 Å². The van der Waals surface area contributed by atoms with Crippen molar-refractivity contribution in [1.29, 1.82) is 0 Å². The number of nitrogens with one attached hydrogen (secondary N) is 1. The maximum Gasteiger partial charge on any atom is 0.245 e. The molecule has 0 spiro atoms. The van der Waals surface area contributed by atoms with Gasteiger partial charge in [-0.15, -0.1) is 5.10 Å². The van der Waals surface area contributed by atoms with E-state index in [1.165, 1.54) is 0 Å². The van der Waals surface area contributed by atoms with Gasteiger partial charge in [0, 0.05) is 24.3 Å². The maximum atomic E-state index is 12.5. The number of hydrogen-bond acceptors (Lipinski definition) is 5. The van der Waals surface area contributed by atoms with Crippen LogP contribution in [0.5, 0.6) is 11.6 Å². The molecule has 6 heteroatoms. The minimum absolute atomic E-state index is 0.161. The summed E-state index contributed by atoms with van der Waals surface area (Å²) < 4.78 is 5.67. The molecule has 1 aromatic carbocycles. The Morgan fingerprint density at radius 2 is 1.92 bits per heavy atom. The van der Waals surface area contributed by atoms with Crippen molar-refractivity contribution >= 4 is 11.6 Å². The first-order valence-electron chi connectivity index (χ1n) is 8.68. The Morgan fingerprint density at radius 1 is 1.16 bits per heavy atom. The third kappa shape index (κ3) is 4.26. The number of carbonyl (C=O) groups excluding carboxylic acids is 1. The van der Waals surface area contributed by atoms with E-state index in [9.17, 15) is 4.79 Å². The Kier molecular flexibility index (Phi) is 5.16. The van der Waals surface area contributed by atoms with Crippen molar-refractivity contribution in [2.75, 3.05) is 11.9 Å². The van der Waals surface area contributed by atoms with Gasteiger partial charge in [-0.25, -0.2) is 0 Å². The monoisotopic (exact) mass is 340 g/mol. The number of aromatic nitrogens is 2. The van der Waals surface area contributed by atoms with Crippen molar-refractivity contribution in [3.63, 3.8) is 0 Å². The van der Waals surface area contributed by atoms with E-state index in [4.69, 9.17) is 4.74 Å². The van der Waals surface area contributed by atoms with Crippen LogP contribution in [-0.4, -0.2) is 39.6 Å². The number of anilines is 1. The van der Waals surface area contributed by atoms with Gasteiger partial charge in [-0.3, -0.25) is 4.79 Å². The van der Waals surface area contributed by atoms with Gasteiger partial charge in [-0.2, -0.15) is 5.10 Å². The minimum Gasteiger partial charge on any atom is -0.438 e. The van der Waals surface area contributed by atoms with Gasteiger partial charge < -0.3 is 15.0 Å². The standard InChI is InChI=1S/C19H24N4O2/c1-13(2)23-12-4-5-17(19(23)24)20-15-7-9-16(10-8-15)25-18-11-6-14(3)21-22-18/h6-11,13,17,20H,4-5,12H2,1-3H3. The predicted molar refractivity (Wildman–Crippen MR) is 96.8 cm³/mol. The SMILES string of the molecule is Cc1ccc(Oc2ccc(NC3CCCN(C(C)C)C3=O)cc2)nn1. The quantitative estimate of drug-likeness (QED) is 0.904. The first kappa shape index (κ1) is 17.2. The lowest BCUT2D eigenvalue weighted by molar-refractivity contribution is -0.136. The Bertz CT molecular complexity index is 713. The van der Waals surface area contributed by atoms with Gasteiger partial charge in [0.25, 0.3) is 0 Å². The molecular weight excluding hydrogens is 316 g/mol. The molecule has 1 fully saturated rings. The second-order valence-corrected chi connectivity index (χ2v) is 6.60. The first-order valence-corrected chi connectivity index (χ1v) is 8.68. The van der Waals surface area contributed by atoms with E-state index < -0.39 is 0 Å². The first-order chi connectivity index (χ1) is 12.0. The predicted octanol–water partition coefficient (Wildman–Crippen LogP) is 3.39. The van der Waals surface area contributed by atoms with E-state index >= 15 is 0 Å². The molecule has 2 heterocycles. The zero-order chi connectivity index (χ0) is 17.8. The van der Waals surface area contributed by atoms with Gasteiger partial charge in [0.05, 0.1) is 5.69 Å². The summed E-state index contributed by atoms with van der Waals surface area (Å²) in [6.07, 6.45) is 1.88. The lowest BCUT2D eigenvalue weighted by Gasteiger charge is -2.35. The lowest BCUT2D eigenvalue weighted by Crippen LogP contribution is -2.50. The van der Waals surface area contributed by atoms with E-state index in [0.717, 1.165) is 30.8 Å². The van der Waals surface area contributed by atoms with Crippen LogP contribution in [0.1, 0.15) is 32.4 Å². The fourth-order valence-electron chi connectivity index (χ4n) is 2.93. The summed E-state index contributed by atoms with van der Waals surface area (Å²) in [5.74, 6) is 1.32. The van der Waals surface area contributed by atoms with Crippen LogP contribution in [0, 0.1) is 6.92 Å². The van der Waals surface area contributed by atoms with Gasteiger partial charge in [0.15, 0.2) is 0 Å². The van der Waals surface area contributed by atoms with Crippen LogP contribution >= 0.6 is 0 Å². The normalized spacial score (nSPS) is 17.7. The smallest absolute Gasteiger partial charge is 0.245 e. The highest BCUT2D eigenvalue weighted by Gasteiger charge is 2.29. The Labute approximate surface area is 148 Å². The highest BCUT2D eigenvalue weighted by Crippen LogP contribution is 2.23. The van der Waals surface area contributed by atoms with E-state index in [1.807, 2.05) is 42.2 Å². The molecule has 1 aliphatic rings. The summed E-state index contributed by atoms with van der Waals surface area (Å²) in [6.45, 7) is 6.84. The Balaban J connectivity index is 1.62. The zero-order valence-electron chi connectivity index (χ0n) is 14.9. The van der Waals surface area contributed by atoms with Crippen molar-refractivity contribution < 1.29 is 9.53 Å². The van der Waals surface area contributed by atoms with Crippen molar-refractivity contribution in [3.8, 4) is 11.6 Å². The lowest BCUT2D eigenvalue weighted by atomic mass is 10.0. The van der Waals surface area contributed by atoms with Crippen LogP contribution in [0.2, 0.25) is 0 Å². The van der Waals surface area contributed by atoms with Gasteiger partial charge in [-0.1, -0.05) is 0 Å². The maximum absolute atomic E-state index is 12.5. The molecule has 2 aromatic rings. The third-order valence-electron chi connectivity index (χ3n) is 4.29. The van der Waals surface area contributed by atoms with Crippen LogP contribution in [0.25, 0.3) is 0 Å². The number of ether oxygens (including phenoxy) is 1. The number of likely N-dealkylation sites (tertiary alicyclic amines) is 1. The summed E-state index contributed by atoms with van der Waals surface area (Å²) in [4.78, 5) is 14.5. The molecule has 6 nitrogen and oxygen atoms in total. The summed E-state index contributed by atoms with van der Waals surface area (Å²) in [5, 5.41) is 11.3. The molecule has 132 valence electrons. The number of carbonyl (C=O) groups is 1. The number of aryl methyl sites for hydroxylation is 1. The molecule has 25 heavy (non-hydrogen) atoms.